The number of aromatic nitrogens is 2. The second-order valence-electron chi connectivity index (χ2n) is 9.03. The Kier molecular flexibility index (Phi) is 5.98. The summed E-state index contributed by atoms with van der Waals surface area (Å²) in [6.45, 7) is 4.99. The fraction of sp³-hybridized carbons (Fsp3) is 0.214. The normalized spacial score (nSPS) is 13.7. The number of benzene rings is 3. The highest BCUT2D eigenvalue weighted by Crippen LogP contribution is 2.32. The molecule has 1 aromatic heterocycles. The van der Waals surface area contributed by atoms with Gasteiger partial charge in [0.1, 0.15) is 11.9 Å². The fourth-order valence-electron chi connectivity index (χ4n) is 4.76. The minimum atomic E-state index is -1.01. The van der Waals surface area contributed by atoms with Crippen LogP contribution in [0, 0.1) is 24.1 Å². The van der Waals surface area contributed by atoms with Crippen LogP contribution in [0.3, 0.4) is 0 Å². The van der Waals surface area contributed by atoms with Crippen LogP contribution < -0.4 is 10.2 Å². The van der Waals surface area contributed by atoms with Gasteiger partial charge < -0.3 is 15.3 Å². The average Bonchev–Trinajstić information content (AvgIpc) is 2.87. The van der Waals surface area contributed by atoms with Gasteiger partial charge in [0, 0.05) is 24.3 Å². The molecule has 8 heteroatoms. The molecule has 0 saturated carbocycles. The molecule has 0 saturated heterocycles. The number of rotatable bonds is 5. The molecular formula is C28H24FN5O2. The zero-order chi connectivity index (χ0) is 25.4. The van der Waals surface area contributed by atoms with Gasteiger partial charge in [0.2, 0.25) is 0 Å². The van der Waals surface area contributed by atoms with Gasteiger partial charge in [-0.3, -0.25) is 0 Å². The monoisotopic (exact) mass is 481 g/mol. The standard InChI is InChI=1S/C28H24FN5O2/c1-16-11-22(17(2)31-23-6-4-3-5-21(23)28(35)36)26-24(12-16)32-25(14-30)27(33-26)34-10-9-18-13-20(29)8-7-19(18)15-34/h3-8,11-13,17,31H,9-10,15H2,1-2H3,(H,35,36). The Labute approximate surface area is 207 Å². The zero-order valence-corrected chi connectivity index (χ0v) is 19.9. The largest absolute Gasteiger partial charge is 0.478 e. The van der Waals surface area contributed by atoms with Crippen LogP contribution in [0.15, 0.2) is 54.6 Å². The summed E-state index contributed by atoms with van der Waals surface area (Å²) in [7, 11) is 0. The van der Waals surface area contributed by atoms with Gasteiger partial charge in [-0.2, -0.15) is 5.26 Å². The van der Waals surface area contributed by atoms with Gasteiger partial charge in [-0.05, 0) is 67.3 Å². The molecular weight excluding hydrogens is 457 g/mol. The Balaban J connectivity index is 1.57. The lowest BCUT2D eigenvalue weighted by Crippen LogP contribution is -2.32. The van der Waals surface area contributed by atoms with Crippen molar-refractivity contribution in [2.24, 2.45) is 0 Å². The van der Waals surface area contributed by atoms with Crippen LogP contribution in [-0.4, -0.2) is 27.6 Å². The summed E-state index contributed by atoms with van der Waals surface area (Å²) in [5.74, 6) is -0.773. The molecule has 1 aliphatic heterocycles. The Morgan fingerprint density at radius 1 is 1.17 bits per heavy atom. The lowest BCUT2D eigenvalue weighted by molar-refractivity contribution is 0.0698. The number of carboxylic acid groups (broad SMARTS) is 1. The molecule has 1 atom stereocenters. The molecule has 4 aromatic rings. The zero-order valence-electron chi connectivity index (χ0n) is 19.9. The van der Waals surface area contributed by atoms with E-state index in [9.17, 15) is 19.6 Å². The predicted octanol–water partition coefficient (Wildman–Crippen LogP) is 5.38. The molecule has 2 heterocycles. The fourth-order valence-corrected chi connectivity index (χ4v) is 4.76. The summed E-state index contributed by atoms with van der Waals surface area (Å²) in [4.78, 5) is 23.3. The first-order chi connectivity index (χ1) is 17.3. The van der Waals surface area contributed by atoms with E-state index in [0.29, 0.717) is 42.0 Å². The van der Waals surface area contributed by atoms with Crippen molar-refractivity contribution in [1.29, 1.82) is 5.26 Å². The minimum Gasteiger partial charge on any atom is -0.478 e. The lowest BCUT2D eigenvalue weighted by Gasteiger charge is -2.30. The third-order valence-corrected chi connectivity index (χ3v) is 6.51. The predicted molar refractivity (Wildman–Crippen MR) is 136 cm³/mol. The van der Waals surface area contributed by atoms with Gasteiger partial charge in [-0.15, -0.1) is 0 Å². The number of fused-ring (bicyclic) bond motifs is 2. The van der Waals surface area contributed by atoms with Crippen molar-refractivity contribution in [3.05, 3.63) is 93.9 Å². The summed E-state index contributed by atoms with van der Waals surface area (Å²) in [5.41, 5.74) is 5.94. The van der Waals surface area contributed by atoms with Crippen LogP contribution in [0.2, 0.25) is 0 Å². The molecule has 1 unspecified atom stereocenters. The van der Waals surface area contributed by atoms with E-state index in [1.54, 1.807) is 36.4 Å². The minimum absolute atomic E-state index is 0.184. The van der Waals surface area contributed by atoms with Crippen molar-refractivity contribution in [3.63, 3.8) is 0 Å². The van der Waals surface area contributed by atoms with Crippen LogP contribution in [0.1, 0.15) is 51.3 Å². The van der Waals surface area contributed by atoms with Crippen LogP contribution in [0.4, 0.5) is 15.9 Å². The maximum atomic E-state index is 13.7. The van der Waals surface area contributed by atoms with Gasteiger partial charge in [-0.25, -0.2) is 19.2 Å². The first kappa shape index (κ1) is 23.2. The van der Waals surface area contributed by atoms with Crippen molar-refractivity contribution in [3.8, 4) is 6.07 Å². The van der Waals surface area contributed by atoms with E-state index in [4.69, 9.17) is 4.98 Å². The van der Waals surface area contributed by atoms with E-state index in [1.807, 2.05) is 30.9 Å². The molecule has 5 rings (SSSR count). The second-order valence-corrected chi connectivity index (χ2v) is 9.03. The van der Waals surface area contributed by atoms with Crippen LogP contribution in [0.5, 0.6) is 0 Å². The highest BCUT2D eigenvalue weighted by atomic mass is 19.1. The van der Waals surface area contributed by atoms with Gasteiger partial charge in [0.15, 0.2) is 11.5 Å². The molecule has 7 nitrogen and oxygen atoms in total. The van der Waals surface area contributed by atoms with Crippen LogP contribution in [0.25, 0.3) is 11.0 Å². The van der Waals surface area contributed by atoms with Crippen molar-refractivity contribution < 1.29 is 14.3 Å². The molecule has 3 aromatic carbocycles. The molecule has 0 amide bonds. The first-order valence-electron chi connectivity index (χ1n) is 11.7. The highest BCUT2D eigenvalue weighted by molar-refractivity contribution is 5.94. The van der Waals surface area contributed by atoms with Crippen molar-refractivity contribution in [2.45, 2.75) is 32.9 Å². The SMILES string of the molecule is Cc1cc(C(C)Nc2ccccc2C(=O)O)c2nc(N3CCc4cc(F)ccc4C3)c(C#N)nc2c1. The average molecular weight is 482 g/mol. The van der Waals surface area contributed by atoms with Crippen LogP contribution >= 0.6 is 0 Å². The molecule has 0 spiro atoms. The van der Waals surface area contributed by atoms with E-state index < -0.39 is 5.97 Å². The third-order valence-electron chi connectivity index (χ3n) is 6.51. The van der Waals surface area contributed by atoms with E-state index in [-0.39, 0.29) is 23.1 Å². The summed E-state index contributed by atoms with van der Waals surface area (Å²) in [6.07, 6.45) is 0.641. The number of halogens is 1. The molecule has 0 aliphatic carbocycles. The highest BCUT2D eigenvalue weighted by Gasteiger charge is 2.24. The first-order valence-corrected chi connectivity index (χ1v) is 11.7. The van der Waals surface area contributed by atoms with Gasteiger partial charge in [0.05, 0.1) is 22.6 Å². The summed E-state index contributed by atoms with van der Waals surface area (Å²) >= 11 is 0. The summed E-state index contributed by atoms with van der Waals surface area (Å²) in [6, 6.07) is 17.3. The van der Waals surface area contributed by atoms with Crippen molar-refractivity contribution in [1.82, 2.24) is 9.97 Å². The number of aryl methyl sites for hydroxylation is 1. The Hall–Kier alpha value is -4.51. The number of nitriles is 1. The molecule has 180 valence electrons. The second kappa shape index (κ2) is 9.27. The summed E-state index contributed by atoms with van der Waals surface area (Å²) < 4.78 is 13.7. The molecule has 1 aliphatic rings. The smallest absolute Gasteiger partial charge is 0.337 e. The van der Waals surface area contributed by atoms with Gasteiger partial charge in [0.25, 0.3) is 0 Å². The number of hydrogen-bond donors (Lipinski definition) is 2. The molecule has 0 radical (unpaired) electrons. The molecule has 2 N–H and O–H groups in total. The maximum Gasteiger partial charge on any atom is 0.337 e. The number of nitrogens with one attached hydrogen (secondary N) is 1. The van der Waals surface area contributed by atoms with E-state index in [2.05, 4.69) is 16.4 Å². The van der Waals surface area contributed by atoms with Crippen molar-refractivity contribution in [2.75, 3.05) is 16.8 Å². The Bertz CT molecular complexity index is 1550. The quantitative estimate of drug-likeness (QED) is 0.394. The number of nitrogens with zero attached hydrogens (tertiary/aromatic N) is 4. The number of para-hydroxylation sites is 1. The van der Waals surface area contributed by atoms with Crippen LogP contribution in [-0.2, 0) is 13.0 Å². The van der Waals surface area contributed by atoms with Gasteiger partial charge in [-0.1, -0.05) is 24.3 Å². The summed E-state index contributed by atoms with van der Waals surface area (Å²) in [5, 5.41) is 22.7. The number of carboxylic acids is 1. The maximum absolute atomic E-state index is 13.7. The van der Waals surface area contributed by atoms with Crippen molar-refractivity contribution >= 4 is 28.5 Å². The van der Waals surface area contributed by atoms with E-state index in [0.717, 1.165) is 22.3 Å². The topological polar surface area (TPSA) is 102 Å². The van der Waals surface area contributed by atoms with E-state index >= 15 is 0 Å². The van der Waals surface area contributed by atoms with Gasteiger partial charge >= 0.3 is 5.97 Å². The number of carbonyl (C=O) groups is 1. The third kappa shape index (κ3) is 4.31. The molecule has 0 bridgehead atoms. The van der Waals surface area contributed by atoms with E-state index in [1.165, 1.54) is 6.07 Å². The number of hydrogen-bond acceptors (Lipinski definition) is 6. The Morgan fingerprint density at radius 3 is 2.75 bits per heavy atom. The number of aromatic carboxylic acids is 1. The lowest BCUT2D eigenvalue weighted by atomic mass is 9.99. The molecule has 0 fully saturated rings. The molecule has 36 heavy (non-hydrogen) atoms. The Morgan fingerprint density at radius 2 is 1.97 bits per heavy atom. The number of anilines is 2.